The lowest BCUT2D eigenvalue weighted by atomic mass is 10.3. The minimum Gasteiger partial charge on any atom is -0.488 e. The van der Waals surface area contributed by atoms with E-state index in [0.717, 1.165) is 23.8 Å². The van der Waals surface area contributed by atoms with Crippen molar-refractivity contribution in [2.24, 2.45) is 0 Å². The van der Waals surface area contributed by atoms with Crippen molar-refractivity contribution in [3.05, 3.63) is 24.4 Å². The monoisotopic (exact) mass is 162 g/mol. The molecule has 0 bridgehead atoms. The molecule has 0 saturated carbocycles. The van der Waals surface area contributed by atoms with Gasteiger partial charge in [-0.3, -0.25) is 0 Å². The van der Waals surface area contributed by atoms with Gasteiger partial charge >= 0.3 is 0 Å². The minimum absolute atomic E-state index is 0.710. The zero-order chi connectivity index (χ0) is 8.39. The van der Waals surface area contributed by atoms with Crippen molar-refractivity contribution in [3.8, 4) is 5.75 Å². The molecule has 2 rings (SSSR count). The molecule has 1 aromatic rings. The summed E-state index contributed by atoms with van der Waals surface area (Å²) in [6.45, 7) is 5.18. The summed E-state index contributed by atoms with van der Waals surface area (Å²) in [7, 11) is 0. The molecule has 3 heteroatoms. The summed E-state index contributed by atoms with van der Waals surface area (Å²) in [4.78, 5) is 4.28. The number of nitrogens with zero attached hydrogens (tertiary/aromatic N) is 1. The highest BCUT2D eigenvalue weighted by Gasteiger charge is 2.09. The fourth-order valence-electron chi connectivity index (χ4n) is 1.15. The number of hydrogen-bond acceptors (Lipinski definition) is 3. The van der Waals surface area contributed by atoms with Crippen molar-refractivity contribution in [1.29, 1.82) is 0 Å². The molecule has 1 aliphatic heterocycles. The van der Waals surface area contributed by atoms with E-state index in [-0.39, 0.29) is 0 Å². The Labute approximate surface area is 71.1 Å². The number of pyridine rings is 1. The molecule has 0 aliphatic carbocycles. The predicted octanol–water partition coefficient (Wildman–Crippen LogP) is 1.53. The SMILES string of the molecule is C=Cc1ccc2c(n1)NCCO2. The fraction of sp³-hybridized carbons (Fsp3) is 0.222. The zero-order valence-electron chi connectivity index (χ0n) is 6.71. The normalized spacial score (nSPS) is 14.0. The summed E-state index contributed by atoms with van der Waals surface area (Å²) in [6.07, 6.45) is 1.72. The molecule has 0 fully saturated rings. The van der Waals surface area contributed by atoms with Crippen LogP contribution in [0.1, 0.15) is 5.69 Å². The molecule has 0 aromatic carbocycles. The Hall–Kier alpha value is -1.51. The molecule has 2 heterocycles. The minimum atomic E-state index is 0.710. The van der Waals surface area contributed by atoms with Crippen LogP contribution < -0.4 is 10.1 Å². The van der Waals surface area contributed by atoms with E-state index in [1.165, 1.54) is 0 Å². The van der Waals surface area contributed by atoms with E-state index in [2.05, 4.69) is 16.9 Å². The van der Waals surface area contributed by atoms with Gasteiger partial charge in [-0.15, -0.1) is 0 Å². The van der Waals surface area contributed by atoms with Crippen LogP contribution in [0.15, 0.2) is 18.7 Å². The maximum Gasteiger partial charge on any atom is 0.169 e. The average Bonchev–Trinajstić information content (AvgIpc) is 2.17. The van der Waals surface area contributed by atoms with Crippen LogP contribution in [0.2, 0.25) is 0 Å². The molecule has 0 amide bonds. The number of anilines is 1. The van der Waals surface area contributed by atoms with Crippen LogP contribution in [0.4, 0.5) is 5.82 Å². The Morgan fingerprint density at radius 1 is 1.58 bits per heavy atom. The highest BCUT2D eigenvalue weighted by molar-refractivity contribution is 5.56. The average molecular weight is 162 g/mol. The van der Waals surface area contributed by atoms with Crippen molar-refractivity contribution in [2.45, 2.75) is 0 Å². The molecular weight excluding hydrogens is 152 g/mol. The molecule has 3 nitrogen and oxygen atoms in total. The van der Waals surface area contributed by atoms with E-state index in [0.29, 0.717) is 6.61 Å². The molecule has 0 unspecified atom stereocenters. The third-order valence-corrected chi connectivity index (χ3v) is 1.74. The number of hydrogen-bond donors (Lipinski definition) is 1. The quantitative estimate of drug-likeness (QED) is 0.680. The Bertz CT molecular complexity index is 309. The highest BCUT2D eigenvalue weighted by atomic mass is 16.5. The van der Waals surface area contributed by atoms with Gasteiger partial charge in [0.2, 0.25) is 0 Å². The first kappa shape index (κ1) is 7.16. The smallest absolute Gasteiger partial charge is 0.169 e. The van der Waals surface area contributed by atoms with Gasteiger partial charge in [-0.25, -0.2) is 4.98 Å². The molecule has 1 N–H and O–H groups in total. The van der Waals surface area contributed by atoms with E-state index in [4.69, 9.17) is 4.74 Å². The third-order valence-electron chi connectivity index (χ3n) is 1.74. The maximum absolute atomic E-state index is 5.36. The van der Waals surface area contributed by atoms with Crippen LogP contribution in [-0.2, 0) is 0 Å². The van der Waals surface area contributed by atoms with E-state index in [9.17, 15) is 0 Å². The summed E-state index contributed by atoms with van der Waals surface area (Å²) in [5.74, 6) is 1.64. The second-order valence-electron chi connectivity index (χ2n) is 2.56. The molecule has 62 valence electrons. The van der Waals surface area contributed by atoms with Gasteiger partial charge in [-0.05, 0) is 18.2 Å². The van der Waals surface area contributed by atoms with Gasteiger partial charge in [0.05, 0.1) is 12.2 Å². The molecule has 12 heavy (non-hydrogen) atoms. The van der Waals surface area contributed by atoms with Crippen molar-refractivity contribution < 1.29 is 4.74 Å². The lowest BCUT2D eigenvalue weighted by Gasteiger charge is -2.17. The lowest BCUT2D eigenvalue weighted by Crippen LogP contribution is -2.19. The number of nitrogens with one attached hydrogen (secondary N) is 1. The van der Waals surface area contributed by atoms with E-state index in [1.54, 1.807) is 6.08 Å². The summed E-state index contributed by atoms with van der Waals surface area (Å²) < 4.78 is 5.36. The van der Waals surface area contributed by atoms with E-state index < -0.39 is 0 Å². The van der Waals surface area contributed by atoms with E-state index >= 15 is 0 Å². The van der Waals surface area contributed by atoms with Crippen LogP contribution in [-0.4, -0.2) is 18.1 Å². The Morgan fingerprint density at radius 2 is 2.50 bits per heavy atom. The number of rotatable bonds is 1. The van der Waals surface area contributed by atoms with Gasteiger partial charge in [-0.2, -0.15) is 0 Å². The first-order valence-corrected chi connectivity index (χ1v) is 3.90. The standard InChI is InChI=1S/C9H10N2O/c1-2-7-3-4-8-9(11-7)10-5-6-12-8/h2-4H,1,5-6H2,(H,10,11). The second kappa shape index (κ2) is 2.85. The van der Waals surface area contributed by atoms with Crippen LogP contribution >= 0.6 is 0 Å². The molecule has 1 aromatic heterocycles. The summed E-state index contributed by atoms with van der Waals surface area (Å²) in [5, 5.41) is 3.15. The van der Waals surface area contributed by atoms with Crippen molar-refractivity contribution in [3.63, 3.8) is 0 Å². The second-order valence-corrected chi connectivity index (χ2v) is 2.56. The molecular formula is C9H10N2O. The first-order chi connectivity index (χ1) is 5.90. The van der Waals surface area contributed by atoms with Gasteiger partial charge < -0.3 is 10.1 Å². The lowest BCUT2D eigenvalue weighted by molar-refractivity contribution is 0.321. The van der Waals surface area contributed by atoms with Crippen molar-refractivity contribution in [1.82, 2.24) is 4.98 Å². The molecule has 0 spiro atoms. The van der Waals surface area contributed by atoms with Gasteiger partial charge in [0.15, 0.2) is 11.6 Å². The van der Waals surface area contributed by atoms with Crippen LogP contribution in [0, 0.1) is 0 Å². The van der Waals surface area contributed by atoms with Crippen LogP contribution in [0.3, 0.4) is 0 Å². The van der Waals surface area contributed by atoms with Crippen LogP contribution in [0.5, 0.6) is 5.75 Å². The fourth-order valence-corrected chi connectivity index (χ4v) is 1.15. The summed E-state index contributed by atoms with van der Waals surface area (Å²) in [6, 6.07) is 3.80. The number of fused-ring (bicyclic) bond motifs is 1. The zero-order valence-corrected chi connectivity index (χ0v) is 6.71. The topological polar surface area (TPSA) is 34.2 Å². The summed E-state index contributed by atoms with van der Waals surface area (Å²) >= 11 is 0. The van der Waals surface area contributed by atoms with E-state index in [1.807, 2.05) is 12.1 Å². The Morgan fingerprint density at radius 3 is 3.33 bits per heavy atom. The largest absolute Gasteiger partial charge is 0.488 e. The van der Waals surface area contributed by atoms with Crippen molar-refractivity contribution in [2.75, 3.05) is 18.5 Å². The molecule has 1 aliphatic rings. The summed E-state index contributed by atoms with van der Waals surface area (Å²) in [5.41, 5.74) is 0.867. The van der Waals surface area contributed by atoms with Crippen molar-refractivity contribution >= 4 is 11.9 Å². The number of aromatic nitrogens is 1. The third kappa shape index (κ3) is 1.13. The van der Waals surface area contributed by atoms with Crippen LogP contribution in [0.25, 0.3) is 6.08 Å². The van der Waals surface area contributed by atoms with Gasteiger partial charge in [0.1, 0.15) is 6.61 Å². The maximum atomic E-state index is 5.36. The molecule has 0 atom stereocenters. The Balaban J connectivity index is 2.42. The highest BCUT2D eigenvalue weighted by Crippen LogP contribution is 2.24. The Kier molecular flexibility index (Phi) is 1.70. The van der Waals surface area contributed by atoms with Gasteiger partial charge in [0.25, 0.3) is 0 Å². The van der Waals surface area contributed by atoms with Gasteiger partial charge in [-0.1, -0.05) is 6.58 Å². The van der Waals surface area contributed by atoms with Gasteiger partial charge in [0, 0.05) is 0 Å². The first-order valence-electron chi connectivity index (χ1n) is 3.90. The predicted molar refractivity (Wildman–Crippen MR) is 48.3 cm³/mol. The molecule has 0 radical (unpaired) electrons. The molecule has 0 saturated heterocycles. The number of ether oxygens (including phenoxy) is 1.